The Morgan fingerprint density at radius 2 is 0.581 bits per heavy atom. The molecule has 0 bridgehead atoms. The lowest BCUT2D eigenvalue weighted by molar-refractivity contribution is -0.167. The number of unbranched alkanes of at least 4 members (excludes halogenated alkanes) is 29. The van der Waals surface area contributed by atoms with Crippen LogP contribution in [0.25, 0.3) is 0 Å². The van der Waals surface area contributed by atoms with Gasteiger partial charge >= 0.3 is 17.9 Å². The number of carbonyl (C=O) groups excluding carboxylic acids is 3. The van der Waals surface area contributed by atoms with Gasteiger partial charge in [0.15, 0.2) is 6.10 Å². The predicted octanol–water partition coefficient (Wildman–Crippen LogP) is 17.5. The molecule has 0 saturated heterocycles. The van der Waals surface area contributed by atoms with E-state index in [9.17, 15) is 14.4 Å². The molecule has 0 aliphatic carbocycles. The normalized spacial score (nSPS) is 12.4. The molecule has 62 heavy (non-hydrogen) atoms. The molecule has 360 valence electrons. The van der Waals surface area contributed by atoms with Crippen molar-refractivity contribution in [1.82, 2.24) is 0 Å². The van der Waals surface area contributed by atoms with Gasteiger partial charge in [-0.15, -0.1) is 0 Å². The summed E-state index contributed by atoms with van der Waals surface area (Å²) in [7, 11) is 0. The Morgan fingerprint density at radius 3 is 0.952 bits per heavy atom. The van der Waals surface area contributed by atoms with Crippen molar-refractivity contribution in [3.05, 3.63) is 48.6 Å². The van der Waals surface area contributed by atoms with Crippen LogP contribution in [0.4, 0.5) is 0 Å². The monoisotopic (exact) mass is 869 g/mol. The molecule has 1 unspecified atom stereocenters. The van der Waals surface area contributed by atoms with Crippen molar-refractivity contribution in [3.63, 3.8) is 0 Å². The van der Waals surface area contributed by atoms with Crippen LogP contribution in [0.1, 0.15) is 271 Å². The second kappa shape index (κ2) is 51.0. The first-order chi connectivity index (χ1) is 30.5. The summed E-state index contributed by atoms with van der Waals surface area (Å²) in [6.07, 6.45) is 61.0. The molecular formula is C56H100O6. The molecule has 0 aromatic heterocycles. The van der Waals surface area contributed by atoms with E-state index in [1.54, 1.807) is 0 Å². The summed E-state index contributed by atoms with van der Waals surface area (Å²) in [6, 6.07) is 0. The molecule has 0 N–H and O–H groups in total. The Kier molecular flexibility index (Phi) is 48.8. The largest absolute Gasteiger partial charge is 0.462 e. The summed E-state index contributed by atoms with van der Waals surface area (Å²) >= 11 is 0. The maximum Gasteiger partial charge on any atom is 0.306 e. The second-order valence-electron chi connectivity index (χ2n) is 17.8. The summed E-state index contributed by atoms with van der Waals surface area (Å²) in [4.78, 5) is 37.9. The first-order valence-corrected chi connectivity index (χ1v) is 26.6. The molecule has 0 spiro atoms. The SMILES string of the molecule is CCCCC/C=C\C/C=C\C/C=C\CCCCCCCCC(=O)OCC(COC(=O)CCCCCCCCCCC)OC(=O)CCCCCCC/C=C\CCCCCCCCC. The smallest absolute Gasteiger partial charge is 0.306 e. The van der Waals surface area contributed by atoms with Gasteiger partial charge in [0.05, 0.1) is 0 Å². The van der Waals surface area contributed by atoms with Crippen molar-refractivity contribution in [2.24, 2.45) is 0 Å². The van der Waals surface area contributed by atoms with E-state index in [-0.39, 0.29) is 31.1 Å². The molecule has 0 aromatic rings. The molecule has 0 saturated carbocycles. The highest BCUT2D eigenvalue weighted by atomic mass is 16.6. The Bertz CT molecular complexity index is 1090. The van der Waals surface area contributed by atoms with Gasteiger partial charge in [0.1, 0.15) is 13.2 Å². The number of hydrogen-bond acceptors (Lipinski definition) is 6. The molecule has 0 aromatic carbocycles. The fraction of sp³-hybridized carbons (Fsp3) is 0.804. The minimum atomic E-state index is -0.779. The van der Waals surface area contributed by atoms with Gasteiger partial charge in [0.2, 0.25) is 0 Å². The highest BCUT2D eigenvalue weighted by Crippen LogP contribution is 2.15. The van der Waals surface area contributed by atoms with E-state index in [2.05, 4.69) is 69.4 Å². The summed E-state index contributed by atoms with van der Waals surface area (Å²) < 4.78 is 16.8. The number of ether oxygens (including phenoxy) is 3. The highest BCUT2D eigenvalue weighted by molar-refractivity contribution is 5.71. The van der Waals surface area contributed by atoms with Crippen LogP contribution >= 0.6 is 0 Å². The summed E-state index contributed by atoms with van der Waals surface area (Å²) in [5.41, 5.74) is 0. The predicted molar refractivity (Wildman–Crippen MR) is 265 cm³/mol. The fourth-order valence-corrected chi connectivity index (χ4v) is 7.50. The zero-order valence-corrected chi connectivity index (χ0v) is 41.1. The van der Waals surface area contributed by atoms with Crippen LogP contribution in [0, 0.1) is 0 Å². The minimum Gasteiger partial charge on any atom is -0.462 e. The third kappa shape index (κ3) is 48.4. The van der Waals surface area contributed by atoms with Crippen LogP contribution in [0.2, 0.25) is 0 Å². The Labute approximate surface area is 384 Å². The van der Waals surface area contributed by atoms with Gasteiger partial charge in [-0.3, -0.25) is 14.4 Å². The van der Waals surface area contributed by atoms with Gasteiger partial charge in [0, 0.05) is 19.3 Å². The summed E-state index contributed by atoms with van der Waals surface area (Å²) in [5.74, 6) is -0.895. The Morgan fingerprint density at radius 1 is 0.323 bits per heavy atom. The topological polar surface area (TPSA) is 78.9 Å². The van der Waals surface area contributed by atoms with Gasteiger partial charge in [-0.25, -0.2) is 0 Å². The minimum absolute atomic E-state index is 0.0789. The zero-order chi connectivity index (χ0) is 45.1. The maximum atomic E-state index is 12.8. The van der Waals surface area contributed by atoms with Crippen LogP contribution in [0.15, 0.2) is 48.6 Å². The van der Waals surface area contributed by atoms with Crippen molar-refractivity contribution >= 4 is 17.9 Å². The molecule has 0 radical (unpaired) electrons. The number of carbonyl (C=O) groups is 3. The average Bonchev–Trinajstić information content (AvgIpc) is 3.27. The standard InChI is InChI=1S/C56H100O6/c1-4-7-10-13-16-19-21-23-25-27-28-29-31-32-34-37-40-43-46-49-55(58)61-52-53(51-60-54(57)48-45-42-39-36-18-15-12-9-6-3)62-56(59)50-47-44-41-38-35-33-30-26-24-22-20-17-14-11-8-5-2/h16,19,23,25-26,28-30,53H,4-15,17-18,20-22,24,27,31-52H2,1-3H3/b19-16-,25-23-,29-28-,30-26-. The second-order valence-corrected chi connectivity index (χ2v) is 17.8. The van der Waals surface area contributed by atoms with E-state index in [4.69, 9.17) is 14.2 Å². The first kappa shape index (κ1) is 59.4. The van der Waals surface area contributed by atoms with Gasteiger partial charge < -0.3 is 14.2 Å². The van der Waals surface area contributed by atoms with E-state index in [0.717, 1.165) is 89.9 Å². The van der Waals surface area contributed by atoms with Crippen LogP contribution in [0.3, 0.4) is 0 Å². The highest BCUT2D eigenvalue weighted by Gasteiger charge is 2.19. The maximum absolute atomic E-state index is 12.8. The quantitative estimate of drug-likeness (QED) is 0.0262. The lowest BCUT2D eigenvalue weighted by Crippen LogP contribution is -2.30. The third-order valence-electron chi connectivity index (χ3n) is 11.6. The molecule has 1 atom stereocenters. The summed E-state index contributed by atoms with van der Waals surface area (Å²) in [5, 5.41) is 0. The number of hydrogen-bond donors (Lipinski definition) is 0. The Hall–Kier alpha value is -2.63. The Balaban J connectivity index is 4.33. The first-order valence-electron chi connectivity index (χ1n) is 26.6. The van der Waals surface area contributed by atoms with Crippen molar-refractivity contribution < 1.29 is 28.6 Å². The lowest BCUT2D eigenvalue weighted by Gasteiger charge is -2.18. The van der Waals surface area contributed by atoms with Gasteiger partial charge in [-0.1, -0.05) is 217 Å². The third-order valence-corrected chi connectivity index (χ3v) is 11.6. The van der Waals surface area contributed by atoms with Gasteiger partial charge in [-0.05, 0) is 83.5 Å². The zero-order valence-electron chi connectivity index (χ0n) is 41.1. The molecule has 0 fully saturated rings. The van der Waals surface area contributed by atoms with E-state index in [1.165, 1.54) is 141 Å². The van der Waals surface area contributed by atoms with E-state index >= 15 is 0 Å². The van der Waals surface area contributed by atoms with Crippen LogP contribution in [-0.4, -0.2) is 37.2 Å². The van der Waals surface area contributed by atoms with Crippen LogP contribution < -0.4 is 0 Å². The molecule has 0 amide bonds. The summed E-state index contributed by atoms with van der Waals surface area (Å²) in [6.45, 7) is 6.59. The fourth-order valence-electron chi connectivity index (χ4n) is 7.50. The molecule has 0 aliphatic rings. The molecule has 6 nitrogen and oxygen atoms in total. The van der Waals surface area contributed by atoms with E-state index in [1.807, 2.05) is 0 Å². The molecular weight excluding hydrogens is 769 g/mol. The number of rotatable bonds is 48. The molecule has 0 rings (SSSR count). The van der Waals surface area contributed by atoms with Gasteiger partial charge in [0.25, 0.3) is 0 Å². The van der Waals surface area contributed by atoms with Crippen LogP contribution in [-0.2, 0) is 28.6 Å². The van der Waals surface area contributed by atoms with Crippen molar-refractivity contribution in [1.29, 1.82) is 0 Å². The van der Waals surface area contributed by atoms with Crippen molar-refractivity contribution in [2.75, 3.05) is 13.2 Å². The average molecular weight is 869 g/mol. The number of allylic oxidation sites excluding steroid dienone is 8. The van der Waals surface area contributed by atoms with E-state index in [0.29, 0.717) is 19.3 Å². The molecule has 6 heteroatoms. The molecule has 0 aliphatic heterocycles. The lowest BCUT2D eigenvalue weighted by atomic mass is 10.1. The van der Waals surface area contributed by atoms with Crippen molar-refractivity contribution in [2.45, 2.75) is 277 Å². The van der Waals surface area contributed by atoms with Gasteiger partial charge in [-0.2, -0.15) is 0 Å². The van der Waals surface area contributed by atoms with Crippen molar-refractivity contribution in [3.8, 4) is 0 Å². The number of esters is 3. The molecule has 0 heterocycles. The van der Waals surface area contributed by atoms with Crippen LogP contribution in [0.5, 0.6) is 0 Å². The van der Waals surface area contributed by atoms with E-state index < -0.39 is 6.10 Å².